The number of carbonyl (C=O) groups is 1. The van der Waals surface area contributed by atoms with Gasteiger partial charge in [0.25, 0.3) is 0 Å². The summed E-state index contributed by atoms with van der Waals surface area (Å²) in [6, 6.07) is 9.44. The van der Waals surface area contributed by atoms with Crippen molar-refractivity contribution in [3.05, 3.63) is 35.9 Å². The second-order valence-corrected chi connectivity index (χ2v) is 7.13. The predicted molar refractivity (Wildman–Crippen MR) is 91.2 cm³/mol. The standard InChI is InChI=1S/C18H28N2O4/c1-18(2,3)24-17(22)20-11-7-10-16(21)15(12-20)19-23-13-14-8-5-4-6-9-14/h4-6,8-9,15-16,19,21H,7,10-13H2,1-3H3/t15-,16+/m0/s1. The molecule has 1 aliphatic rings. The molecule has 2 N–H and O–H groups in total. The van der Waals surface area contributed by atoms with Crippen LogP contribution in [0.4, 0.5) is 4.79 Å². The number of rotatable bonds is 4. The van der Waals surface area contributed by atoms with Crippen molar-refractivity contribution in [3.63, 3.8) is 0 Å². The lowest BCUT2D eigenvalue weighted by atomic mass is 10.1. The molecule has 6 heteroatoms. The van der Waals surface area contributed by atoms with Crippen molar-refractivity contribution in [1.82, 2.24) is 10.4 Å². The highest BCUT2D eigenvalue weighted by molar-refractivity contribution is 5.68. The van der Waals surface area contributed by atoms with Crippen molar-refractivity contribution in [2.24, 2.45) is 0 Å². The van der Waals surface area contributed by atoms with Crippen LogP contribution in [0.25, 0.3) is 0 Å². The van der Waals surface area contributed by atoms with Crippen LogP contribution >= 0.6 is 0 Å². The van der Waals surface area contributed by atoms with Gasteiger partial charge in [0.1, 0.15) is 5.60 Å². The Kier molecular flexibility index (Phi) is 6.60. The molecular formula is C18H28N2O4. The van der Waals surface area contributed by atoms with E-state index in [1.807, 2.05) is 51.1 Å². The summed E-state index contributed by atoms with van der Waals surface area (Å²) in [4.78, 5) is 19.4. The summed E-state index contributed by atoms with van der Waals surface area (Å²) in [5.74, 6) is 0. The zero-order valence-corrected chi connectivity index (χ0v) is 14.7. The second-order valence-electron chi connectivity index (χ2n) is 7.13. The molecule has 6 nitrogen and oxygen atoms in total. The molecule has 1 amide bonds. The molecule has 0 bridgehead atoms. The van der Waals surface area contributed by atoms with Gasteiger partial charge in [-0.2, -0.15) is 5.48 Å². The average Bonchev–Trinajstić information content (AvgIpc) is 2.69. The minimum Gasteiger partial charge on any atom is -0.444 e. The lowest BCUT2D eigenvalue weighted by Crippen LogP contribution is -2.48. The Morgan fingerprint density at radius 2 is 2.04 bits per heavy atom. The topological polar surface area (TPSA) is 71.0 Å². The van der Waals surface area contributed by atoms with E-state index in [4.69, 9.17) is 9.57 Å². The predicted octanol–water partition coefficient (Wildman–Crippen LogP) is 2.47. The Bertz CT molecular complexity index is 516. The van der Waals surface area contributed by atoms with E-state index < -0.39 is 11.7 Å². The summed E-state index contributed by atoms with van der Waals surface area (Å²) in [7, 11) is 0. The molecule has 1 aromatic carbocycles. The molecule has 0 radical (unpaired) electrons. The number of carbonyl (C=O) groups excluding carboxylic acids is 1. The molecule has 2 atom stereocenters. The maximum absolute atomic E-state index is 12.3. The molecule has 1 saturated heterocycles. The summed E-state index contributed by atoms with van der Waals surface area (Å²) in [6.45, 7) is 6.85. The Hall–Kier alpha value is -1.63. The van der Waals surface area contributed by atoms with Crippen LogP contribution in [-0.2, 0) is 16.2 Å². The van der Waals surface area contributed by atoms with Crippen LogP contribution in [0.3, 0.4) is 0 Å². The smallest absolute Gasteiger partial charge is 0.410 e. The van der Waals surface area contributed by atoms with Crippen molar-refractivity contribution < 1.29 is 19.5 Å². The van der Waals surface area contributed by atoms with E-state index in [1.54, 1.807) is 4.90 Å². The fourth-order valence-electron chi connectivity index (χ4n) is 2.56. The van der Waals surface area contributed by atoms with Crippen LogP contribution in [-0.4, -0.2) is 46.9 Å². The number of hydrogen-bond acceptors (Lipinski definition) is 5. The Morgan fingerprint density at radius 3 is 2.71 bits per heavy atom. The van der Waals surface area contributed by atoms with Crippen LogP contribution in [0.2, 0.25) is 0 Å². The van der Waals surface area contributed by atoms with Gasteiger partial charge in [-0.15, -0.1) is 0 Å². The van der Waals surface area contributed by atoms with E-state index >= 15 is 0 Å². The van der Waals surface area contributed by atoms with Crippen LogP contribution < -0.4 is 5.48 Å². The molecule has 24 heavy (non-hydrogen) atoms. The third-order valence-electron chi connectivity index (χ3n) is 3.78. The monoisotopic (exact) mass is 336 g/mol. The van der Waals surface area contributed by atoms with Crippen molar-refractivity contribution in [3.8, 4) is 0 Å². The van der Waals surface area contributed by atoms with Gasteiger partial charge >= 0.3 is 6.09 Å². The summed E-state index contributed by atoms with van der Waals surface area (Å²) in [5.41, 5.74) is 3.41. The number of nitrogens with one attached hydrogen (secondary N) is 1. The van der Waals surface area contributed by atoms with Gasteiger partial charge in [-0.25, -0.2) is 4.79 Å². The summed E-state index contributed by atoms with van der Waals surface area (Å²) in [5, 5.41) is 10.3. The van der Waals surface area contributed by atoms with E-state index in [-0.39, 0.29) is 12.1 Å². The fraction of sp³-hybridized carbons (Fsp3) is 0.611. The zero-order chi connectivity index (χ0) is 17.6. The lowest BCUT2D eigenvalue weighted by molar-refractivity contribution is -0.0388. The SMILES string of the molecule is CC(C)(C)OC(=O)N1CCC[C@@H](O)[C@@H](NOCc2ccccc2)C1. The number of aliphatic hydroxyl groups excluding tert-OH is 1. The number of nitrogens with zero attached hydrogens (tertiary/aromatic N) is 1. The molecule has 1 heterocycles. The lowest BCUT2D eigenvalue weighted by Gasteiger charge is -2.29. The van der Waals surface area contributed by atoms with Crippen LogP contribution in [0, 0.1) is 0 Å². The van der Waals surface area contributed by atoms with E-state index in [0.29, 0.717) is 26.1 Å². The van der Waals surface area contributed by atoms with E-state index in [2.05, 4.69) is 5.48 Å². The molecule has 0 saturated carbocycles. The minimum atomic E-state index is -0.562. The van der Waals surface area contributed by atoms with Crippen molar-refractivity contribution in [2.75, 3.05) is 13.1 Å². The number of hydrogen-bond donors (Lipinski definition) is 2. The molecule has 0 unspecified atom stereocenters. The van der Waals surface area contributed by atoms with Gasteiger partial charge in [0, 0.05) is 13.1 Å². The van der Waals surface area contributed by atoms with Gasteiger partial charge < -0.3 is 14.7 Å². The van der Waals surface area contributed by atoms with Crippen LogP contribution in [0.5, 0.6) is 0 Å². The van der Waals surface area contributed by atoms with Gasteiger partial charge in [-0.1, -0.05) is 30.3 Å². The third kappa shape index (κ3) is 6.11. The van der Waals surface area contributed by atoms with Gasteiger partial charge in [0.05, 0.1) is 18.8 Å². The Labute approximate surface area is 143 Å². The first-order chi connectivity index (χ1) is 11.3. The molecule has 0 aliphatic carbocycles. The number of likely N-dealkylation sites (tertiary alicyclic amines) is 1. The highest BCUT2D eigenvalue weighted by atomic mass is 16.6. The van der Waals surface area contributed by atoms with E-state index in [1.165, 1.54) is 0 Å². The number of hydroxylamine groups is 1. The fourth-order valence-corrected chi connectivity index (χ4v) is 2.56. The number of ether oxygens (including phenoxy) is 1. The first kappa shape index (κ1) is 18.7. The molecule has 1 fully saturated rings. The maximum Gasteiger partial charge on any atom is 0.410 e. The van der Waals surface area contributed by atoms with Gasteiger partial charge in [-0.3, -0.25) is 4.84 Å². The molecule has 2 rings (SSSR count). The van der Waals surface area contributed by atoms with Crippen LogP contribution in [0.15, 0.2) is 30.3 Å². The van der Waals surface area contributed by atoms with Crippen molar-refractivity contribution in [2.45, 2.75) is 58.0 Å². The Morgan fingerprint density at radius 1 is 1.33 bits per heavy atom. The second kappa shape index (κ2) is 8.46. The van der Waals surface area contributed by atoms with E-state index in [0.717, 1.165) is 12.0 Å². The average molecular weight is 336 g/mol. The summed E-state index contributed by atoms with van der Waals surface area (Å²) < 4.78 is 5.43. The van der Waals surface area contributed by atoms with Crippen molar-refractivity contribution >= 4 is 6.09 Å². The minimum absolute atomic E-state index is 0.344. The quantitative estimate of drug-likeness (QED) is 0.827. The first-order valence-electron chi connectivity index (χ1n) is 8.42. The highest BCUT2D eigenvalue weighted by Gasteiger charge is 2.30. The number of benzene rings is 1. The molecule has 0 spiro atoms. The molecule has 134 valence electrons. The molecule has 0 aromatic heterocycles. The largest absolute Gasteiger partial charge is 0.444 e. The number of amides is 1. The third-order valence-corrected chi connectivity index (χ3v) is 3.78. The van der Waals surface area contributed by atoms with Gasteiger partial charge in [0.2, 0.25) is 0 Å². The summed E-state index contributed by atoms with van der Waals surface area (Å²) in [6.07, 6.45) is 0.433. The summed E-state index contributed by atoms with van der Waals surface area (Å²) >= 11 is 0. The van der Waals surface area contributed by atoms with Gasteiger partial charge in [0.15, 0.2) is 0 Å². The van der Waals surface area contributed by atoms with Gasteiger partial charge in [-0.05, 0) is 39.2 Å². The Balaban J connectivity index is 1.88. The normalized spacial score (nSPS) is 22.1. The highest BCUT2D eigenvalue weighted by Crippen LogP contribution is 2.16. The van der Waals surface area contributed by atoms with Crippen molar-refractivity contribution in [1.29, 1.82) is 0 Å². The van der Waals surface area contributed by atoms with Crippen LogP contribution in [0.1, 0.15) is 39.2 Å². The molecule has 1 aromatic rings. The molecular weight excluding hydrogens is 308 g/mol. The maximum atomic E-state index is 12.3. The first-order valence-corrected chi connectivity index (χ1v) is 8.42. The number of aliphatic hydroxyl groups is 1. The zero-order valence-electron chi connectivity index (χ0n) is 14.7. The van der Waals surface area contributed by atoms with E-state index in [9.17, 15) is 9.90 Å². The molecule has 1 aliphatic heterocycles.